The maximum atomic E-state index is 12.1. The van der Waals surface area contributed by atoms with E-state index in [2.05, 4.69) is 36.6 Å². The third-order valence-corrected chi connectivity index (χ3v) is 5.61. The third-order valence-electron chi connectivity index (χ3n) is 2.21. The summed E-state index contributed by atoms with van der Waals surface area (Å²) in [5.74, 6) is 0. The van der Waals surface area contributed by atoms with E-state index in [4.69, 9.17) is 5.73 Å². The highest BCUT2D eigenvalue weighted by Gasteiger charge is 2.20. The zero-order chi connectivity index (χ0) is 13.2. The van der Waals surface area contributed by atoms with Gasteiger partial charge in [0, 0.05) is 21.5 Å². The van der Waals surface area contributed by atoms with Gasteiger partial charge in [0.2, 0.25) is 10.0 Å². The van der Waals surface area contributed by atoms with E-state index in [0.717, 1.165) is 10.0 Å². The maximum absolute atomic E-state index is 12.1. The quantitative estimate of drug-likeness (QED) is 0.833. The molecule has 0 aromatic heterocycles. The molecule has 4 nitrogen and oxygen atoms in total. The number of nitrogens with one attached hydrogen (secondary N) is 1. The molecule has 0 unspecified atom stereocenters. The molecule has 96 valence electrons. The van der Waals surface area contributed by atoms with Crippen molar-refractivity contribution >= 4 is 41.9 Å². The Balaban J connectivity index is 3.20. The molecule has 0 saturated carbocycles. The average Bonchev–Trinajstić information content (AvgIpc) is 2.22. The number of hydrogen-bond donors (Lipinski definition) is 2. The van der Waals surface area contributed by atoms with Crippen LogP contribution >= 0.6 is 31.9 Å². The van der Waals surface area contributed by atoms with Gasteiger partial charge in [-0.15, -0.1) is 0 Å². The summed E-state index contributed by atoms with van der Waals surface area (Å²) in [5, 5.41) is 0. The second-order valence-corrected chi connectivity index (χ2v) is 7.18. The Kier molecular flexibility index (Phi) is 5.15. The van der Waals surface area contributed by atoms with Gasteiger partial charge in [-0.1, -0.05) is 15.9 Å². The van der Waals surface area contributed by atoms with Crippen molar-refractivity contribution in [3.63, 3.8) is 0 Å². The minimum Gasteiger partial charge on any atom is -0.329 e. The molecular formula is C10H14Br2N2O2S. The number of halogens is 2. The van der Waals surface area contributed by atoms with Gasteiger partial charge in [0.05, 0.1) is 4.90 Å². The molecule has 0 aliphatic heterocycles. The Morgan fingerprint density at radius 2 is 1.94 bits per heavy atom. The summed E-state index contributed by atoms with van der Waals surface area (Å²) in [5.41, 5.74) is 6.36. The Morgan fingerprint density at radius 3 is 2.47 bits per heavy atom. The largest absolute Gasteiger partial charge is 0.329 e. The first-order chi connectivity index (χ1) is 7.77. The van der Waals surface area contributed by atoms with Gasteiger partial charge in [-0.2, -0.15) is 0 Å². The topological polar surface area (TPSA) is 72.2 Å². The van der Waals surface area contributed by atoms with Crippen molar-refractivity contribution in [3.05, 3.63) is 26.6 Å². The van der Waals surface area contributed by atoms with Crippen LogP contribution in [0, 0.1) is 6.92 Å². The summed E-state index contributed by atoms with van der Waals surface area (Å²) in [6.45, 7) is 3.86. The lowest BCUT2D eigenvalue weighted by Crippen LogP contribution is -2.37. The summed E-state index contributed by atoms with van der Waals surface area (Å²) >= 11 is 6.58. The number of hydrogen-bond acceptors (Lipinski definition) is 3. The fourth-order valence-electron chi connectivity index (χ4n) is 1.21. The Bertz CT molecular complexity index is 517. The lowest BCUT2D eigenvalue weighted by Gasteiger charge is -2.14. The number of sulfonamides is 1. The molecule has 1 atom stereocenters. The normalized spacial score (nSPS) is 13.7. The minimum absolute atomic E-state index is 0.204. The predicted octanol–water partition coefficient (Wildman–Crippen LogP) is 2.15. The summed E-state index contributed by atoms with van der Waals surface area (Å²) in [7, 11) is -3.55. The van der Waals surface area contributed by atoms with E-state index in [1.54, 1.807) is 19.1 Å². The smallest absolute Gasteiger partial charge is 0.242 e. The predicted molar refractivity (Wildman–Crippen MR) is 75.4 cm³/mol. The molecule has 3 N–H and O–H groups in total. The van der Waals surface area contributed by atoms with Crippen LogP contribution in [0.3, 0.4) is 0 Å². The van der Waals surface area contributed by atoms with Crippen molar-refractivity contribution in [1.82, 2.24) is 4.72 Å². The van der Waals surface area contributed by atoms with Crippen molar-refractivity contribution < 1.29 is 8.42 Å². The molecule has 1 aromatic rings. The molecule has 1 rings (SSSR count). The van der Waals surface area contributed by atoms with Gasteiger partial charge in [-0.05, 0) is 47.5 Å². The molecular weight excluding hydrogens is 372 g/mol. The van der Waals surface area contributed by atoms with Gasteiger partial charge in [0.25, 0.3) is 0 Å². The molecule has 0 bridgehead atoms. The van der Waals surface area contributed by atoms with Gasteiger partial charge >= 0.3 is 0 Å². The molecule has 0 saturated heterocycles. The van der Waals surface area contributed by atoms with Crippen LogP contribution in [0.15, 0.2) is 26.0 Å². The summed E-state index contributed by atoms with van der Waals surface area (Å²) in [6, 6.07) is 3.03. The zero-order valence-electron chi connectivity index (χ0n) is 9.50. The number of rotatable bonds is 4. The first-order valence-corrected chi connectivity index (χ1v) is 8.03. The fourth-order valence-corrected chi connectivity index (χ4v) is 4.14. The Hall–Kier alpha value is 0.0500. The zero-order valence-corrected chi connectivity index (χ0v) is 13.5. The molecule has 7 heteroatoms. The van der Waals surface area contributed by atoms with Gasteiger partial charge in [-0.25, -0.2) is 13.1 Å². The molecule has 0 spiro atoms. The van der Waals surface area contributed by atoms with Gasteiger partial charge in [0.1, 0.15) is 0 Å². The van der Waals surface area contributed by atoms with E-state index in [0.29, 0.717) is 4.47 Å². The van der Waals surface area contributed by atoms with Crippen molar-refractivity contribution in [1.29, 1.82) is 0 Å². The highest BCUT2D eigenvalue weighted by molar-refractivity contribution is 9.11. The number of aryl methyl sites for hydroxylation is 1. The van der Waals surface area contributed by atoms with Crippen LogP contribution in [-0.2, 0) is 10.0 Å². The van der Waals surface area contributed by atoms with Crippen molar-refractivity contribution in [3.8, 4) is 0 Å². The lowest BCUT2D eigenvalue weighted by molar-refractivity contribution is 0.562. The SMILES string of the molecule is Cc1cc(Br)c(S(=O)(=O)N[C@@H](C)CN)cc1Br. The second kappa shape index (κ2) is 5.79. The molecule has 0 aliphatic rings. The van der Waals surface area contributed by atoms with Crippen molar-refractivity contribution in [2.45, 2.75) is 24.8 Å². The maximum Gasteiger partial charge on any atom is 0.242 e. The fraction of sp³-hybridized carbons (Fsp3) is 0.400. The van der Waals surface area contributed by atoms with Crippen LogP contribution in [0.4, 0.5) is 0 Å². The van der Waals surface area contributed by atoms with E-state index in [-0.39, 0.29) is 17.5 Å². The number of benzene rings is 1. The van der Waals surface area contributed by atoms with Gasteiger partial charge < -0.3 is 5.73 Å². The van der Waals surface area contributed by atoms with Crippen molar-refractivity contribution in [2.24, 2.45) is 5.73 Å². The summed E-state index contributed by atoms with van der Waals surface area (Å²) < 4.78 is 27.9. The molecule has 0 aliphatic carbocycles. The van der Waals surface area contributed by atoms with Crippen LogP contribution in [0.2, 0.25) is 0 Å². The summed E-state index contributed by atoms with van der Waals surface area (Å²) in [6.07, 6.45) is 0. The standard InChI is InChI=1S/C10H14Br2N2O2S/c1-6-3-9(12)10(4-8(6)11)17(15,16)14-7(2)5-13/h3-4,7,14H,5,13H2,1-2H3/t7-/m0/s1. The highest BCUT2D eigenvalue weighted by Crippen LogP contribution is 2.28. The van der Waals surface area contributed by atoms with Crippen molar-refractivity contribution in [2.75, 3.05) is 6.54 Å². The Labute approximate surface area is 118 Å². The summed E-state index contributed by atoms with van der Waals surface area (Å²) in [4.78, 5) is 0.204. The molecule has 0 heterocycles. The molecule has 1 aromatic carbocycles. The second-order valence-electron chi connectivity index (χ2n) is 3.79. The third kappa shape index (κ3) is 3.75. The molecule has 17 heavy (non-hydrogen) atoms. The van der Waals surface area contributed by atoms with Gasteiger partial charge in [0.15, 0.2) is 0 Å². The monoisotopic (exact) mass is 384 g/mol. The molecule has 0 amide bonds. The average molecular weight is 386 g/mol. The lowest BCUT2D eigenvalue weighted by atomic mass is 10.2. The van der Waals surface area contributed by atoms with E-state index in [1.165, 1.54) is 0 Å². The van der Waals surface area contributed by atoms with Crippen LogP contribution < -0.4 is 10.5 Å². The van der Waals surface area contributed by atoms with Crippen LogP contribution in [0.1, 0.15) is 12.5 Å². The van der Waals surface area contributed by atoms with E-state index < -0.39 is 10.0 Å². The molecule has 0 fully saturated rings. The Morgan fingerprint density at radius 1 is 1.35 bits per heavy atom. The van der Waals surface area contributed by atoms with Gasteiger partial charge in [-0.3, -0.25) is 0 Å². The molecule has 0 radical (unpaired) electrons. The van der Waals surface area contributed by atoms with Crippen LogP contribution in [0.25, 0.3) is 0 Å². The minimum atomic E-state index is -3.55. The first kappa shape index (κ1) is 15.1. The number of nitrogens with two attached hydrogens (primary N) is 1. The van der Waals surface area contributed by atoms with E-state index in [9.17, 15) is 8.42 Å². The van der Waals surface area contributed by atoms with E-state index >= 15 is 0 Å². The first-order valence-electron chi connectivity index (χ1n) is 4.96. The van der Waals surface area contributed by atoms with E-state index in [1.807, 2.05) is 6.92 Å². The van der Waals surface area contributed by atoms with Crippen LogP contribution in [-0.4, -0.2) is 21.0 Å². The highest BCUT2D eigenvalue weighted by atomic mass is 79.9. The van der Waals surface area contributed by atoms with Crippen LogP contribution in [0.5, 0.6) is 0 Å².